The molecular formula is C4H12BrN. The van der Waals surface area contributed by atoms with Gasteiger partial charge in [-0.2, -0.15) is 0 Å². The lowest BCUT2D eigenvalue weighted by molar-refractivity contribution is 0.580. The van der Waals surface area contributed by atoms with Crippen LogP contribution in [0.5, 0.6) is 0 Å². The molecule has 0 amide bonds. The van der Waals surface area contributed by atoms with Gasteiger partial charge in [-0.3, -0.25) is 0 Å². The van der Waals surface area contributed by atoms with Gasteiger partial charge in [-0.25, -0.2) is 0 Å². The maximum atomic E-state index is 5.35. The summed E-state index contributed by atoms with van der Waals surface area (Å²) in [5, 5.41) is 0. The van der Waals surface area contributed by atoms with E-state index in [2.05, 4.69) is 0 Å². The van der Waals surface area contributed by atoms with Crippen molar-refractivity contribution in [3.05, 3.63) is 0 Å². The number of nitrogens with two attached hydrogens (primary N) is 1. The van der Waals surface area contributed by atoms with Crippen LogP contribution in [0.1, 0.15) is 20.8 Å². The minimum absolute atomic E-state index is 0. The van der Waals surface area contributed by atoms with Gasteiger partial charge in [0.25, 0.3) is 0 Å². The molecule has 40 valence electrons. The van der Waals surface area contributed by atoms with Crippen molar-refractivity contribution in [2.75, 3.05) is 0 Å². The van der Waals surface area contributed by atoms with Crippen LogP contribution < -0.4 is 5.73 Å². The molecule has 0 aliphatic heterocycles. The molecule has 0 saturated carbocycles. The molecule has 0 spiro atoms. The van der Waals surface area contributed by atoms with Crippen LogP contribution in [-0.4, -0.2) is 5.54 Å². The third-order valence-corrected chi connectivity index (χ3v) is 0. The summed E-state index contributed by atoms with van der Waals surface area (Å²) in [4.78, 5) is 0. The van der Waals surface area contributed by atoms with Crippen molar-refractivity contribution in [2.45, 2.75) is 26.3 Å². The zero-order valence-corrected chi connectivity index (χ0v) is 6.20. The molecule has 0 aromatic rings. The fourth-order valence-corrected chi connectivity index (χ4v) is 0. The second kappa shape index (κ2) is 2.59. The van der Waals surface area contributed by atoms with Gasteiger partial charge in [0.2, 0.25) is 0 Å². The van der Waals surface area contributed by atoms with Gasteiger partial charge in [-0.15, -0.1) is 17.0 Å². The molecule has 2 N–H and O–H groups in total. The Hall–Kier alpha value is 0.440. The Morgan fingerprint density at radius 3 is 1.17 bits per heavy atom. The van der Waals surface area contributed by atoms with Gasteiger partial charge in [0.05, 0.1) is 0 Å². The summed E-state index contributed by atoms with van der Waals surface area (Å²) >= 11 is 0. The normalized spacial score (nSPS) is 10.0. The molecule has 0 atom stereocenters. The average Bonchev–Trinajstić information content (AvgIpc) is 0.722. The summed E-state index contributed by atoms with van der Waals surface area (Å²) in [6.45, 7) is 5.90. The summed E-state index contributed by atoms with van der Waals surface area (Å²) in [7, 11) is 0. The molecule has 0 unspecified atom stereocenters. The first-order valence-corrected chi connectivity index (χ1v) is 1.79. The molecular weight excluding hydrogens is 142 g/mol. The highest BCUT2D eigenvalue weighted by Crippen LogP contribution is 1.88. The predicted molar refractivity (Wildman–Crippen MR) is 34.3 cm³/mol. The monoisotopic (exact) mass is 153 g/mol. The lowest BCUT2D eigenvalue weighted by Gasteiger charge is -2.06. The van der Waals surface area contributed by atoms with E-state index in [9.17, 15) is 0 Å². The number of hydrogen-bond acceptors (Lipinski definition) is 1. The molecule has 0 rings (SSSR count). The molecule has 0 aliphatic carbocycles. The van der Waals surface area contributed by atoms with Crippen LogP contribution in [0, 0.1) is 0 Å². The van der Waals surface area contributed by atoms with E-state index >= 15 is 0 Å². The molecule has 0 fully saturated rings. The highest BCUT2D eigenvalue weighted by Gasteiger charge is 1.95. The quantitative estimate of drug-likeness (QED) is 0.559. The van der Waals surface area contributed by atoms with E-state index in [0.717, 1.165) is 0 Å². The average molecular weight is 154 g/mol. The highest BCUT2D eigenvalue weighted by molar-refractivity contribution is 8.93. The summed E-state index contributed by atoms with van der Waals surface area (Å²) in [5.74, 6) is 0. The fraction of sp³-hybridized carbons (Fsp3) is 1.00. The minimum atomic E-state index is 0. The standard InChI is InChI=1S/C4H11N.BrH/c1-4(2,3)5;/h5H2,1-3H3;1H. The van der Waals surface area contributed by atoms with Crippen molar-refractivity contribution in [1.29, 1.82) is 0 Å². The van der Waals surface area contributed by atoms with E-state index < -0.39 is 0 Å². The molecule has 0 aromatic heterocycles. The van der Waals surface area contributed by atoms with Crippen molar-refractivity contribution in [3.63, 3.8) is 0 Å². The largest absolute Gasteiger partial charge is 0.326 e. The molecule has 6 heavy (non-hydrogen) atoms. The third kappa shape index (κ3) is 271. The first-order chi connectivity index (χ1) is 2.00. The Balaban J connectivity index is 0. The lowest BCUT2D eigenvalue weighted by atomic mass is 10.1. The van der Waals surface area contributed by atoms with Gasteiger partial charge in [0, 0.05) is 5.54 Å². The van der Waals surface area contributed by atoms with Gasteiger partial charge in [-0.1, -0.05) is 0 Å². The molecule has 0 aliphatic rings. The van der Waals surface area contributed by atoms with Crippen molar-refractivity contribution >= 4 is 17.0 Å². The first-order valence-electron chi connectivity index (χ1n) is 1.79. The Labute approximate surface area is 49.7 Å². The van der Waals surface area contributed by atoms with E-state index in [1.165, 1.54) is 0 Å². The second-order valence-corrected chi connectivity index (χ2v) is 2.37. The van der Waals surface area contributed by atoms with Crippen molar-refractivity contribution in [1.82, 2.24) is 0 Å². The molecule has 0 aromatic carbocycles. The molecule has 0 saturated heterocycles. The molecule has 0 heterocycles. The smallest absolute Gasteiger partial charge is 0.00686 e. The van der Waals surface area contributed by atoms with E-state index in [0.29, 0.717) is 0 Å². The van der Waals surface area contributed by atoms with Gasteiger partial charge in [0.1, 0.15) is 0 Å². The predicted octanol–water partition coefficient (Wildman–Crippen LogP) is 1.32. The lowest BCUT2D eigenvalue weighted by Crippen LogP contribution is -2.26. The van der Waals surface area contributed by atoms with Gasteiger partial charge in [0.15, 0.2) is 0 Å². The van der Waals surface area contributed by atoms with Crippen molar-refractivity contribution in [3.8, 4) is 0 Å². The number of rotatable bonds is 0. The van der Waals surface area contributed by atoms with Crippen molar-refractivity contribution < 1.29 is 0 Å². The zero-order chi connectivity index (χ0) is 4.50. The summed E-state index contributed by atoms with van der Waals surface area (Å²) in [6, 6.07) is 0. The Morgan fingerprint density at radius 1 is 1.17 bits per heavy atom. The van der Waals surface area contributed by atoms with E-state index in [1.54, 1.807) is 0 Å². The summed E-state index contributed by atoms with van der Waals surface area (Å²) in [5.41, 5.74) is 5.35. The Morgan fingerprint density at radius 2 is 1.17 bits per heavy atom. The third-order valence-electron chi connectivity index (χ3n) is 0. The maximum absolute atomic E-state index is 5.35. The van der Waals surface area contributed by atoms with Gasteiger partial charge >= 0.3 is 0 Å². The number of halogens is 1. The van der Waals surface area contributed by atoms with E-state index in [1.807, 2.05) is 20.8 Å². The fourth-order valence-electron chi connectivity index (χ4n) is 0. The second-order valence-electron chi connectivity index (χ2n) is 2.37. The molecule has 0 bridgehead atoms. The van der Waals surface area contributed by atoms with E-state index in [-0.39, 0.29) is 22.5 Å². The SMILES string of the molecule is Br.CC(C)(C)N. The van der Waals surface area contributed by atoms with Gasteiger partial charge in [-0.05, 0) is 20.8 Å². The Bertz CT molecular complexity index is 23.0. The van der Waals surface area contributed by atoms with Crippen LogP contribution in [-0.2, 0) is 0 Å². The first kappa shape index (κ1) is 9.67. The van der Waals surface area contributed by atoms with Gasteiger partial charge < -0.3 is 5.73 Å². The number of hydrogen-bond donors (Lipinski definition) is 1. The maximum Gasteiger partial charge on any atom is 0.00686 e. The summed E-state index contributed by atoms with van der Waals surface area (Å²) in [6.07, 6.45) is 0. The van der Waals surface area contributed by atoms with Crippen LogP contribution >= 0.6 is 17.0 Å². The van der Waals surface area contributed by atoms with Crippen LogP contribution in [0.15, 0.2) is 0 Å². The van der Waals surface area contributed by atoms with Crippen LogP contribution in [0.4, 0.5) is 0 Å². The highest BCUT2D eigenvalue weighted by atomic mass is 79.9. The van der Waals surface area contributed by atoms with E-state index in [4.69, 9.17) is 5.73 Å². The van der Waals surface area contributed by atoms with Crippen molar-refractivity contribution in [2.24, 2.45) is 5.73 Å². The summed E-state index contributed by atoms with van der Waals surface area (Å²) < 4.78 is 0. The van der Waals surface area contributed by atoms with Crippen LogP contribution in [0.3, 0.4) is 0 Å². The Kier molecular flexibility index (Phi) is 4.17. The molecule has 2 heteroatoms. The molecule has 0 radical (unpaired) electrons. The zero-order valence-electron chi connectivity index (χ0n) is 4.49. The van der Waals surface area contributed by atoms with Crippen LogP contribution in [0.2, 0.25) is 0 Å². The topological polar surface area (TPSA) is 26.0 Å². The minimum Gasteiger partial charge on any atom is -0.326 e. The van der Waals surface area contributed by atoms with Crippen LogP contribution in [0.25, 0.3) is 0 Å². The molecule has 1 nitrogen and oxygen atoms in total.